The zero-order valence-electron chi connectivity index (χ0n) is 20.0. The van der Waals surface area contributed by atoms with E-state index in [4.69, 9.17) is 0 Å². The molecule has 1 saturated heterocycles. The Hall–Kier alpha value is -3.46. The van der Waals surface area contributed by atoms with E-state index >= 15 is 0 Å². The number of aromatic nitrogens is 4. The fourth-order valence-corrected chi connectivity index (χ4v) is 5.47. The fourth-order valence-electron chi connectivity index (χ4n) is 4.60. The van der Waals surface area contributed by atoms with Crippen molar-refractivity contribution in [2.75, 3.05) is 36.0 Å². The van der Waals surface area contributed by atoms with Crippen LogP contribution >= 0.6 is 11.3 Å². The predicted octanol–water partition coefficient (Wildman–Crippen LogP) is 4.27. The molecule has 4 aromatic rings. The van der Waals surface area contributed by atoms with Gasteiger partial charge in [0, 0.05) is 55.5 Å². The second-order valence-corrected chi connectivity index (χ2v) is 9.95. The number of piperazine rings is 1. The third-order valence-electron chi connectivity index (χ3n) is 6.53. The minimum absolute atomic E-state index is 0.0344. The summed E-state index contributed by atoms with van der Waals surface area (Å²) < 4.78 is 0. The second kappa shape index (κ2) is 10.9. The molecule has 1 aliphatic rings. The molecular formula is C26H31N7OS. The smallest absolute Gasteiger partial charge is 0.263 e. The number of benzene rings is 1. The van der Waals surface area contributed by atoms with Crippen molar-refractivity contribution in [3.63, 3.8) is 0 Å². The van der Waals surface area contributed by atoms with Crippen LogP contribution in [0.15, 0.2) is 55.0 Å². The highest BCUT2D eigenvalue weighted by Crippen LogP contribution is 2.25. The number of thiazole rings is 1. The summed E-state index contributed by atoms with van der Waals surface area (Å²) in [6.45, 7) is 5.56. The van der Waals surface area contributed by atoms with E-state index in [1.807, 2.05) is 18.2 Å². The van der Waals surface area contributed by atoms with Gasteiger partial charge in [0.2, 0.25) is 0 Å². The van der Waals surface area contributed by atoms with E-state index in [2.05, 4.69) is 66.6 Å². The van der Waals surface area contributed by atoms with Gasteiger partial charge in [0.1, 0.15) is 4.88 Å². The monoisotopic (exact) mass is 489 g/mol. The minimum atomic E-state index is -0.0344. The van der Waals surface area contributed by atoms with Gasteiger partial charge in [-0.25, -0.2) is 4.98 Å². The standard InChI is InChI=1S/C26H31N7OS/c1-2-3-7-20(16-19-17-27-22-9-5-4-8-21(19)22)30-25(34)23-18-28-26(35-23)33-14-12-32(13-15-33)24-10-6-11-29-31-24/h4-6,8-11,17-18,20,27H,2-3,7,12-16H2,1H3,(H,30,34). The zero-order chi connectivity index (χ0) is 24.0. The first-order valence-corrected chi connectivity index (χ1v) is 13.1. The van der Waals surface area contributed by atoms with E-state index < -0.39 is 0 Å². The van der Waals surface area contributed by atoms with Crippen LogP contribution in [0.4, 0.5) is 10.9 Å². The lowest BCUT2D eigenvalue weighted by Crippen LogP contribution is -2.46. The van der Waals surface area contributed by atoms with E-state index in [1.54, 1.807) is 12.4 Å². The molecule has 4 heterocycles. The van der Waals surface area contributed by atoms with Crippen LogP contribution in [0, 0.1) is 0 Å². The second-order valence-electron chi connectivity index (χ2n) is 8.94. The summed E-state index contributed by atoms with van der Waals surface area (Å²) in [5.41, 5.74) is 2.38. The van der Waals surface area contributed by atoms with E-state index in [-0.39, 0.29) is 11.9 Å². The lowest BCUT2D eigenvalue weighted by atomic mass is 10.0. The number of unbranched alkanes of at least 4 members (excludes halogenated alkanes) is 1. The fraction of sp³-hybridized carbons (Fsp3) is 0.385. The quantitative estimate of drug-likeness (QED) is 0.365. The molecule has 1 amide bonds. The number of fused-ring (bicyclic) bond motifs is 1. The van der Waals surface area contributed by atoms with Crippen LogP contribution in [0.2, 0.25) is 0 Å². The normalized spacial score (nSPS) is 14.9. The molecular weight excluding hydrogens is 458 g/mol. The molecule has 1 unspecified atom stereocenters. The molecule has 0 bridgehead atoms. The highest BCUT2D eigenvalue weighted by molar-refractivity contribution is 7.17. The topological polar surface area (TPSA) is 90.0 Å². The van der Waals surface area contributed by atoms with Crippen LogP contribution in [0.1, 0.15) is 41.4 Å². The Kier molecular flexibility index (Phi) is 7.23. The average Bonchev–Trinajstić information content (AvgIpc) is 3.56. The molecule has 1 fully saturated rings. The van der Waals surface area contributed by atoms with Crippen molar-refractivity contribution in [1.82, 2.24) is 25.5 Å². The molecule has 0 radical (unpaired) electrons. The average molecular weight is 490 g/mol. The summed E-state index contributed by atoms with van der Waals surface area (Å²) in [6.07, 6.45) is 9.43. The number of rotatable bonds is 9. The molecule has 0 saturated carbocycles. The van der Waals surface area contributed by atoms with E-state index in [0.717, 1.165) is 68.3 Å². The number of hydrogen-bond acceptors (Lipinski definition) is 7. The van der Waals surface area contributed by atoms with Crippen LogP contribution in [-0.4, -0.2) is 58.3 Å². The van der Waals surface area contributed by atoms with Crippen LogP contribution in [-0.2, 0) is 6.42 Å². The number of H-pyrrole nitrogens is 1. The van der Waals surface area contributed by atoms with Crippen molar-refractivity contribution in [2.24, 2.45) is 0 Å². The lowest BCUT2D eigenvalue weighted by molar-refractivity contribution is 0.0938. The number of para-hydroxylation sites is 1. The maximum absolute atomic E-state index is 13.2. The van der Waals surface area contributed by atoms with Gasteiger partial charge in [0.25, 0.3) is 5.91 Å². The van der Waals surface area contributed by atoms with Gasteiger partial charge in [-0.3, -0.25) is 4.79 Å². The molecule has 9 heteroatoms. The van der Waals surface area contributed by atoms with E-state index in [9.17, 15) is 4.79 Å². The number of hydrogen-bond donors (Lipinski definition) is 2. The maximum Gasteiger partial charge on any atom is 0.263 e. The van der Waals surface area contributed by atoms with Crippen molar-refractivity contribution in [3.05, 3.63) is 65.4 Å². The molecule has 3 aromatic heterocycles. The van der Waals surface area contributed by atoms with E-state index in [0.29, 0.717) is 4.88 Å². The van der Waals surface area contributed by atoms with Crippen molar-refractivity contribution in [1.29, 1.82) is 0 Å². The Balaban J connectivity index is 1.21. The van der Waals surface area contributed by atoms with Gasteiger partial charge in [-0.1, -0.05) is 49.3 Å². The molecule has 2 N–H and O–H groups in total. The molecule has 5 rings (SSSR count). The summed E-state index contributed by atoms with van der Waals surface area (Å²) >= 11 is 1.47. The molecule has 1 aliphatic heterocycles. The number of aromatic amines is 1. The molecule has 0 aliphatic carbocycles. The molecule has 182 valence electrons. The summed E-state index contributed by atoms with van der Waals surface area (Å²) in [7, 11) is 0. The Bertz CT molecular complexity index is 1250. The maximum atomic E-state index is 13.2. The Labute approximate surface area is 209 Å². The Morgan fingerprint density at radius 3 is 2.77 bits per heavy atom. The first kappa shape index (κ1) is 23.3. The number of nitrogens with zero attached hydrogens (tertiary/aromatic N) is 5. The van der Waals surface area contributed by atoms with Crippen LogP contribution in [0.5, 0.6) is 0 Å². The molecule has 35 heavy (non-hydrogen) atoms. The van der Waals surface area contributed by atoms with Gasteiger partial charge >= 0.3 is 0 Å². The third-order valence-corrected chi connectivity index (χ3v) is 7.59. The number of anilines is 2. The molecule has 8 nitrogen and oxygen atoms in total. The van der Waals surface area contributed by atoms with Crippen LogP contribution in [0.25, 0.3) is 10.9 Å². The first-order valence-electron chi connectivity index (χ1n) is 12.3. The Morgan fingerprint density at radius 2 is 1.97 bits per heavy atom. The SMILES string of the molecule is CCCCC(Cc1c[nH]c2ccccc12)NC(=O)c1cnc(N2CCN(c3cccnn3)CC2)s1. The van der Waals surface area contributed by atoms with Gasteiger partial charge < -0.3 is 20.1 Å². The molecule has 0 spiro atoms. The van der Waals surface area contributed by atoms with Crippen molar-refractivity contribution in [2.45, 2.75) is 38.6 Å². The summed E-state index contributed by atoms with van der Waals surface area (Å²) in [6, 6.07) is 12.3. The van der Waals surface area contributed by atoms with Gasteiger partial charge in [0.05, 0.1) is 6.20 Å². The lowest BCUT2D eigenvalue weighted by Gasteiger charge is -2.34. The van der Waals surface area contributed by atoms with Crippen molar-refractivity contribution < 1.29 is 4.79 Å². The van der Waals surface area contributed by atoms with Crippen molar-refractivity contribution in [3.8, 4) is 0 Å². The number of nitrogens with one attached hydrogen (secondary N) is 2. The number of carbonyl (C=O) groups excluding carboxylic acids is 1. The third kappa shape index (κ3) is 5.45. The van der Waals surface area contributed by atoms with Gasteiger partial charge in [-0.05, 0) is 36.6 Å². The van der Waals surface area contributed by atoms with Gasteiger partial charge in [0.15, 0.2) is 10.9 Å². The highest BCUT2D eigenvalue weighted by atomic mass is 32.1. The number of amides is 1. The van der Waals surface area contributed by atoms with Crippen molar-refractivity contribution >= 4 is 39.1 Å². The summed E-state index contributed by atoms with van der Waals surface area (Å²) in [5, 5.41) is 13.6. The molecule has 1 atom stereocenters. The summed E-state index contributed by atoms with van der Waals surface area (Å²) in [4.78, 5) is 26.2. The first-order chi connectivity index (χ1) is 17.2. The zero-order valence-corrected chi connectivity index (χ0v) is 20.8. The van der Waals surface area contributed by atoms with E-state index in [1.165, 1.54) is 22.3 Å². The van der Waals surface area contributed by atoms with Crippen LogP contribution < -0.4 is 15.1 Å². The predicted molar refractivity (Wildman–Crippen MR) is 141 cm³/mol. The molecule has 1 aromatic carbocycles. The van der Waals surface area contributed by atoms with Crippen LogP contribution in [0.3, 0.4) is 0 Å². The minimum Gasteiger partial charge on any atom is -0.361 e. The Morgan fingerprint density at radius 1 is 1.14 bits per heavy atom. The number of carbonyl (C=O) groups is 1. The largest absolute Gasteiger partial charge is 0.361 e. The van der Waals surface area contributed by atoms with Gasteiger partial charge in [-0.2, -0.15) is 5.10 Å². The van der Waals surface area contributed by atoms with Gasteiger partial charge in [-0.15, -0.1) is 5.10 Å². The summed E-state index contributed by atoms with van der Waals surface area (Å²) in [5.74, 6) is 0.868. The highest BCUT2D eigenvalue weighted by Gasteiger charge is 2.23.